The monoisotopic (exact) mass is 1320 g/mol. The number of methoxy groups -OCH3 is 2. The number of aliphatic hydroxyl groups excluding tert-OH is 1. The van der Waals surface area contributed by atoms with E-state index in [-0.39, 0.29) is 75.2 Å². The first-order valence-electron chi connectivity index (χ1n) is 24.2. The van der Waals surface area contributed by atoms with Crippen LogP contribution in [-0.4, -0.2) is 123 Å². The molecule has 418 valence electrons. The first-order chi connectivity index (χ1) is 37.3. The summed E-state index contributed by atoms with van der Waals surface area (Å²) in [5, 5.41) is 39.1. The maximum Gasteiger partial charge on any atom is 0.364 e. The van der Waals surface area contributed by atoms with E-state index in [0.29, 0.717) is 5.69 Å². The van der Waals surface area contributed by atoms with Crippen LogP contribution in [0.3, 0.4) is 0 Å². The number of aromatic amines is 3. The van der Waals surface area contributed by atoms with Crippen molar-refractivity contribution >= 4 is 102 Å². The van der Waals surface area contributed by atoms with E-state index in [1.54, 1.807) is 59.7 Å². The number of carbonyl (C=O) groups is 4. The number of H-pyrrole nitrogens is 3. The van der Waals surface area contributed by atoms with Crippen LogP contribution in [0.15, 0.2) is 73.2 Å². The number of esters is 2. The van der Waals surface area contributed by atoms with Crippen LogP contribution in [0.25, 0.3) is 21.9 Å². The molecule has 0 saturated carbocycles. The van der Waals surface area contributed by atoms with Gasteiger partial charge in [0.15, 0.2) is 46.2 Å². The number of anilines is 2. The number of aromatic nitrogens is 3. The number of aliphatic hydroxyl groups is 1. The predicted molar refractivity (Wildman–Crippen MR) is 296 cm³/mol. The summed E-state index contributed by atoms with van der Waals surface area (Å²) in [6, 6.07) is 12.2. The van der Waals surface area contributed by atoms with Crippen LogP contribution in [0.1, 0.15) is 92.9 Å². The Morgan fingerprint density at radius 2 is 1.30 bits per heavy atom. The van der Waals surface area contributed by atoms with Crippen molar-refractivity contribution in [1.29, 1.82) is 0 Å². The molecule has 8 N–H and O–H groups in total. The van der Waals surface area contributed by atoms with Gasteiger partial charge in [-0.1, -0.05) is 0 Å². The van der Waals surface area contributed by atoms with Gasteiger partial charge in [-0.3, -0.25) is 9.59 Å². The van der Waals surface area contributed by atoms with E-state index >= 15 is 0 Å². The van der Waals surface area contributed by atoms with Crippen molar-refractivity contribution in [3.8, 4) is 23.0 Å². The van der Waals surface area contributed by atoms with Gasteiger partial charge in [0.25, 0.3) is 11.8 Å². The molecule has 2 aromatic carbocycles. The minimum atomic E-state index is -1.60. The highest BCUT2D eigenvalue weighted by Crippen LogP contribution is 2.42. The number of hydrogen-bond acceptors (Lipinski definition) is 19. The highest BCUT2D eigenvalue weighted by molar-refractivity contribution is 14.1. The molecule has 0 radical (unpaired) electrons. The normalized spacial score (nSPS) is 21.6. The molecule has 2 amide bonds. The Hall–Kier alpha value is -6.96. The predicted octanol–water partition coefficient (Wildman–Crippen LogP) is 7.19. The summed E-state index contributed by atoms with van der Waals surface area (Å²) in [6.07, 6.45) is -6.53. The Morgan fingerprint density at radius 1 is 0.722 bits per heavy atom. The lowest BCUT2D eigenvalue weighted by atomic mass is 9.89. The zero-order chi connectivity index (χ0) is 57.2. The fraction of sp³-hybridized carbons (Fsp3) is 0.358. The van der Waals surface area contributed by atoms with Gasteiger partial charge in [-0.15, -0.1) is 0 Å². The van der Waals surface area contributed by atoms with Gasteiger partial charge in [-0.05, 0) is 148 Å². The minimum Gasteiger partial charge on any atom is -0.505 e. The van der Waals surface area contributed by atoms with Crippen LogP contribution in [0.5, 0.6) is 23.0 Å². The fourth-order valence-corrected chi connectivity index (χ4v) is 11.1. The van der Waals surface area contributed by atoms with Crippen LogP contribution < -0.4 is 31.4 Å². The molecule has 79 heavy (non-hydrogen) atoms. The quantitative estimate of drug-likeness (QED) is 0.0303. The molecule has 0 spiro atoms. The molecule has 0 aliphatic carbocycles. The summed E-state index contributed by atoms with van der Waals surface area (Å²) >= 11 is 3.71. The van der Waals surface area contributed by atoms with E-state index in [1.165, 1.54) is 51.5 Å². The third-order valence-corrected chi connectivity index (χ3v) is 15.3. The largest absolute Gasteiger partial charge is 0.505 e. The van der Waals surface area contributed by atoms with Crippen molar-refractivity contribution < 1.29 is 81.2 Å². The average molecular weight is 1320 g/mol. The summed E-state index contributed by atoms with van der Waals surface area (Å²) < 4.78 is 59.4. The van der Waals surface area contributed by atoms with Crippen LogP contribution in [-0.2, 0) is 28.4 Å². The number of amides is 2. The van der Waals surface area contributed by atoms with E-state index in [2.05, 4.69) is 25.6 Å². The molecule has 2 fully saturated rings. The molecule has 7 heterocycles. The van der Waals surface area contributed by atoms with Crippen molar-refractivity contribution in [2.24, 2.45) is 0 Å². The highest BCUT2D eigenvalue weighted by Gasteiger charge is 2.53. The summed E-state index contributed by atoms with van der Waals surface area (Å²) in [7, 11) is 2.86. The molecule has 7 aromatic rings. The summed E-state index contributed by atoms with van der Waals surface area (Å²) in [5.41, 5.74) is -4.38. The van der Waals surface area contributed by atoms with Gasteiger partial charge in [-0.25, -0.2) is 19.2 Å². The molecule has 3 unspecified atom stereocenters. The van der Waals surface area contributed by atoms with Gasteiger partial charge in [0.05, 0.1) is 34.7 Å². The number of nitrogens with one attached hydrogen (secondary N) is 5. The topological polar surface area (TPSA) is 335 Å². The minimum absolute atomic E-state index is 0.00566. The molecule has 2 aliphatic heterocycles. The molecular formula is C53H53I2N5O19. The first-order valence-corrected chi connectivity index (χ1v) is 26.4. The van der Waals surface area contributed by atoms with Crippen molar-refractivity contribution in [2.75, 3.05) is 24.9 Å². The molecule has 0 bridgehead atoms. The number of rotatable bonds is 14. The summed E-state index contributed by atoms with van der Waals surface area (Å²) in [5.74, 6) is -4.45. The maximum absolute atomic E-state index is 13.8. The Labute approximate surface area is 475 Å². The fourth-order valence-electron chi connectivity index (χ4n) is 9.68. The molecule has 7 atom stereocenters. The van der Waals surface area contributed by atoms with Gasteiger partial charge < -0.3 is 87.6 Å². The average Bonchev–Trinajstić information content (AvgIpc) is 4.25. The number of ether oxygens (including phenoxy) is 8. The second kappa shape index (κ2) is 21.9. The van der Waals surface area contributed by atoms with E-state index in [0.717, 1.165) is 11.9 Å². The lowest BCUT2D eigenvalue weighted by molar-refractivity contribution is -0.305. The molecule has 26 heteroatoms. The van der Waals surface area contributed by atoms with E-state index in [9.17, 15) is 44.1 Å². The van der Waals surface area contributed by atoms with Crippen LogP contribution in [0.4, 0.5) is 11.4 Å². The number of benzene rings is 2. The van der Waals surface area contributed by atoms with Gasteiger partial charge in [-0.2, -0.15) is 0 Å². The standard InChI is InChI=1S/C53H53I2N5O19/c1-20-10-13-28(57-20)47(66)74-31-18-32(78-52(4,5)43(31)70-8)73-30-15-12-24-37(61)35(50(69)76-41(24)33(30)55)60-46(65)34-22(3)26(19-56-34)45(64)59-36-38(62)25-16-23(17-27(54)40(25)75-49(36)68)72-51-39(63)42(44(71-9)53(6,7)79-51)77-48(67)29-14-11-21(2)58-29/h10-17,19,31-32,39,42-44,51,56-58,61-63H,18H2,1-9H3,(H,59,64)(H,60,65)/t31?,32-,39?,42?,43-,44-,51+/m1/s1. The van der Waals surface area contributed by atoms with Crippen molar-refractivity contribution in [1.82, 2.24) is 15.0 Å². The second-order valence-corrected chi connectivity index (χ2v) is 22.1. The maximum atomic E-state index is 13.8. The number of fused-ring (bicyclic) bond motifs is 2. The highest BCUT2D eigenvalue weighted by atomic mass is 127. The van der Waals surface area contributed by atoms with Crippen molar-refractivity contribution in [2.45, 2.75) is 109 Å². The van der Waals surface area contributed by atoms with Crippen LogP contribution in [0, 0.1) is 27.9 Å². The Kier molecular flexibility index (Phi) is 15.8. The van der Waals surface area contributed by atoms with Crippen molar-refractivity contribution in [3.63, 3.8) is 0 Å². The Bertz CT molecular complexity index is 3690. The number of halogens is 2. The molecule has 2 saturated heterocycles. The zero-order valence-electron chi connectivity index (χ0n) is 43.6. The molecule has 9 rings (SSSR count). The number of hydrogen-bond donors (Lipinski definition) is 8. The number of aryl methyl sites for hydroxylation is 2. The molecule has 5 aromatic heterocycles. The van der Waals surface area contributed by atoms with E-state index in [1.807, 2.05) is 45.2 Å². The van der Waals surface area contributed by atoms with Crippen molar-refractivity contribution in [3.05, 3.63) is 122 Å². The summed E-state index contributed by atoms with van der Waals surface area (Å²) in [4.78, 5) is 89.1. The third-order valence-electron chi connectivity index (χ3n) is 13.5. The lowest BCUT2D eigenvalue weighted by Gasteiger charge is -2.47. The Balaban J connectivity index is 0.898. The summed E-state index contributed by atoms with van der Waals surface area (Å²) in [6.45, 7) is 11.8. The van der Waals surface area contributed by atoms with Gasteiger partial charge in [0.2, 0.25) is 12.6 Å². The van der Waals surface area contributed by atoms with Crippen LogP contribution >= 0.6 is 45.2 Å². The van der Waals surface area contributed by atoms with E-state index < -0.39 is 112 Å². The Morgan fingerprint density at radius 3 is 1.91 bits per heavy atom. The van der Waals surface area contributed by atoms with E-state index in [4.69, 9.17) is 46.7 Å². The molecule has 24 nitrogen and oxygen atoms in total. The first kappa shape index (κ1) is 56.7. The van der Waals surface area contributed by atoms with Crippen LogP contribution in [0.2, 0.25) is 0 Å². The SMILES string of the molecule is CO[C@@H]1C(OC(=O)c2ccc(C)[nH]2)C[C@H](Oc2ccc3c(O)c(NC(=O)c4[nH]cc(C(=O)Nc5c(O)c6cc(O[C@H]7OC(C)(C)[C@H](OC)C(OC(=O)c8ccc(C)[nH]8)C7O)cc(I)c6oc5=O)c4C)c(=O)oc3c2I)OC1(C)C. The molecular weight excluding hydrogens is 1260 g/mol. The van der Waals surface area contributed by atoms with Gasteiger partial charge in [0.1, 0.15) is 46.9 Å². The zero-order valence-corrected chi connectivity index (χ0v) is 47.9. The number of aromatic hydroxyl groups is 2. The molecule has 2 aliphatic rings. The second-order valence-electron chi connectivity index (χ2n) is 19.8. The number of carbonyl (C=O) groups excluding carboxylic acids is 4. The third kappa shape index (κ3) is 11.1. The lowest BCUT2D eigenvalue weighted by Crippen LogP contribution is -2.65. The van der Waals surface area contributed by atoms with Gasteiger partial charge in [0, 0.05) is 38.2 Å². The smallest absolute Gasteiger partial charge is 0.364 e. The van der Waals surface area contributed by atoms with Gasteiger partial charge >= 0.3 is 23.2 Å².